The Morgan fingerprint density at radius 1 is 1.19 bits per heavy atom. The van der Waals surface area contributed by atoms with Crippen LogP contribution in [0.5, 0.6) is 11.5 Å². The van der Waals surface area contributed by atoms with Crippen molar-refractivity contribution in [3.8, 4) is 11.5 Å². The number of nitrogens with zero attached hydrogens (tertiary/aromatic N) is 3. The molecule has 1 aliphatic rings. The lowest BCUT2D eigenvalue weighted by atomic mass is 10.2. The van der Waals surface area contributed by atoms with Gasteiger partial charge >= 0.3 is 0 Å². The third kappa shape index (κ3) is 3.81. The molecule has 1 unspecified atom stereocenters. The van der Waals surface area contributed by atoms with Crippen molar-refractivity contribution in [2.24, 2.45) is 4.99 Å². The number of hydrogen-bond donors (Lipinski definition) is 2. The van der Waals surface area contributed by atoms with E-state index in [9.17, 15) is 0 Å². The van der Waals surface area contributed by atoms with Crippen molar-refractivity contribution in [1.82, 2.24) is 20.0 Å². The van der Waals surface area contributed by atoms with E-state index >= 15 is 0 Å². The maximum Gasteiger partial charge on any atom is 0.191 e. The largest absolute Gasteiger partial charge is 0.486 e. The number of aromatic nitrogens is 2. The van der Waals surface area contributed by atoms with Crippen molar-refractivity contribution in [3.63, 3.8) is 0 Å². The number of para-hydroxylation sites is 2. The Kier molecular flexibility index (Phi) is 4.82. The highest BCUT2D eigenvalue weighted by Gasteiger charge is 2.20. The highest BCUT2D eigenvalue weighted by molar-refractivity contribution is 5.79. The molecule has 3 heterocycles. The molecule has 0 saturated heterocycles. The van der Waals surface area contributed by atoms with E-state index in [-0.39, 0.29) is 6.10 Å². The van der Waals surface area contributed by atoms with Crippen LogP contribution in [0.15, 0.2) is 53.7 Å². The van der Waals surface area contributed by atoms with E-state index in [0.29, 0.717) is 25.7 Å². The van der Waals surface area contributed by atoms with E-state index in [1.165, 1.54) is 0 Å². The normalized spacial score (nSPS) is 16.4. The standard InChI is InChI=1S/C20H23N5O2/c1-14-6-5-9-19-24-15(12-25(14)19)10-22-20(21-2)23-11-16-13-26-17-7-3-4-8-18(17)27-16/h3-9,12,16H,10-11,13H2,1-2H3,(H2,21,22,23). The molecule has 140 valence electrons. The fourth-order valence-electron chi connectivity index (χ4n) is 3.05. The minimum atomic E-state index is -0.0729. The molecule has 0 fully saturated rings. The predicted octanol–water partition coefficient (Wildman–Crippen LogP) is 2.15. The number of benzene rings is 1. The van der Waals surface area contributed by atoms with E-state index in [2.05, 4.69) is 38.0 Å². The second-order valence-electron chi connectivity index (χ2n) is 6.43. The molecule has 0 radical (unpaired) electrons. The molecule has 1 atom stereocenters. The molecular formula is C20H23N5O2. The van der Waals surface area contributed by atoms with Gasteiger partial charge in [-0.05, 0) is 31.2 Å². The van der Waals surface area contributed by atoms with E-state index < -0.39 is 0 Å². The maximum atomic E-state index is 5.96. The van der Waals surface area contributed by atoms with Crippen LogP contribution in [0.3, 0.4) is 0 Å². The molecule has 0 saturated carbocycles. The zero-order valence-corrected chi connectivity index (χ0v) is 15.5. The van der Waals surface area contributed by atoms with Crippen LogP contribution in [0.2, 0.25) is 0 Å². The van der Waals surface area contributed by atoms with E-state index in [1.807, 2.05) is 42.6 Å². The Hall–Kier alpha value is -3.22. The van der Waals surface area contributed by atoms with Gasteiger partial charge in [-0.2, -0.15) is 0 Å². The minimum Gasteiger partial charge on any atom is -0.486 e. The summed E-state index contributed by atoms with van der Waals surface area (Å²) in [4.78, 5) is 8.89. The van der Waals surface area contributed by atoms with Crippen LogP contribution in [-0.2, 0) is 6.54 Å². The van der Waals surface area contributed by atoms with Crippen molar-refractivity contribution >= 4 is 11.6 Å². The molecule has 1 aliphatic heterocycles. The molecule has 7 heteroatoms. The van der Waals surface area contributed by atoms with Crippen LogP contribution < -0.4 is 20.1 Å². The van der Waals surface area contributed by atoms with Crippen LogP contribution in [0, 0.1) is 6.92 Å². The zero-order chi connectivity index (χ0) is 18.6. The van der Waals surface area contributed by atoms with Crippen LogP contribution in [0.25, 0.3) is 5.65 Å². The monoisotopic (exact) mass is 365 g/mol. The summed E-state index contributed by atoms with van der Waals surface area (Å²) in [6, 6.07) is 13.8. The summed E-state index contributed by atoms with van der Waals surface area (Å²) >= 11 is 0. The van der Waals surface area contributed by atoms with Crippen molar-refractivity contribution in [2.75, 3.05) is 20.2 Å². The highest BCUT2D eigenvalue weighted by atomic mass is 16.6. The van der Waals surface area contributed by atoms with Gasteiger partial charge in [0.25, 0.3) is 0 Å². The summed E-state index contributed by atoms with van der Waals surface area (Å²) in [7, 11) is 1.75. The third-order valence-electron chi connectivity index (χ3n) is 4.47. The van der Waals surface area contributed by atoms with Gasteiger partial charge in [0.2, 0.25) is 0 Å². The van der Waals surface area contributed by atoms with E-state index in [0.717, 1.165) is 28.5 Å². The summed E-state index contributed by atoms with van der Waals surface area (Å²) in [6.07, 6.45) is 1.97. The SMILES string of the molecule is CN=C(NCc1cn2c(C)cccc2n1)NCC1COc2ccccc2O1. The van der Waals surface area contributed by atoms with Crippen LogP contribution >= 0.6 is 0 Å². The number of aryl methyl sites for hydroxylation is 1. The summed E-state index contributed by atoms with van der Waals surface area (Å²) in [5.74, 6) is 2.27. The molecule has 0 spiro atoms. The van der Waals surface area contributed by atoms with Gasteiger partial charge in [0, 0.05) is 18.9 Å². The smallest absolute Gasteiger partial charge is 0.191 e. The van der Waals surface area contributed by atoms with Crippen LogP contribution in [-0.4, -0.2) is 41.6 Å². The van der Waals surface area contributed by atoms with Crippen LogP contribution in [0.1, 0.15) is 11.4 Å². The molecule has 2 aromatic heterocycles. The van der Waals surface area contributed by atoms with Crippen molar-refractivity contribution in [3.05, 3.63) is 60.0 Å². The van der Waals surface area contributed by atoms with Crippen LogP contribution in [0.4, 0.5) is 0 Å². The van der Waals surface area contributed by atoms with Gasteiger partial charge in [0.15, 0.2) is 17.5 Å². The van der Waals surface area contributed by atoms with E-state index in [4.69, 9.17) is 9.47 Å². The average molecular weight is 365 g/mol. The lowest BCUT2D eigenvalue weighted by Gasteiger charge is -2.27. The lowest BCUT2D eigenvalue weighted by molar-refractivity contribution is 0.0936. The van der Waals surface area contributed by atoms with Gasteiger partial charge in [-0.1, -0.05) is 18.2 Å². The molecule has 0 bridgehead atoms. The number of nitrogens with one attached hydrogen (secondary N) is 2. The third-order valence-corrected chi connectivity index (χ3v) is 4.47. The lowest BCUT2D eigenvalue weighted by Crippen LogP contribution is -2.45. The first kappa shape index (κ1) is 17.2. The number of imidazole rings is 1. The Morgan fingerprint density at radius 2 is 2.04 bits per heavy atom. The topological polar surface area (TPSA) is 72.2 Å². The number of hydrogen-bond acceptors (Lipinski definition) is 4. The second kappa shape index (κ2) is 7.57. The number of rotatable bonds is 4. The Morgan fingerprint density at radius 3 is 2.85 bits per heavy atom. The van der Waals surface area contributed by atoms with Crippen molar-refractivity contribution < 1.29 is 9.47 Å². The Bertz CT molecular complexity index is 966. The first-order valence-electron chi connectivity index (χ1n) is 8.99. The minimum absolute atomic E-state index is 0.0729. The summed E-state index contributed by atoms with van der Waals surface area (Å²) in [5.41, 5.74) is 3.06. The number of aliphatic imine (C=N–C) groups is 1. The molecule has 3 aromatic rings. The van der Waals surface area contributed by atoms with Gasteiger partial charge in [-0.3, -0.25) is 4.99 Å². The first-order valence-corrected chi connectivity index (χ1v) is 8.99. The van der Waals surface area contributed by atoms with Gasteiger partial charge in [0.05, 0.1) is 18.8 Å². The maximum absolute atomic E-state index is 5.96. The molecule has 4 rings (SSSR count). The molecular weight excluding hydrogens is 342 g/mol. The van der Waals surface area contributed by atoms with Crippen molar-refractivity contribution in [2.45, 2.75) is 19.6 Å². The average Bonchev–Trinajstić information content (AvgIpc) is 3.12. The molecule has 27 heavy (non-hydrogen) atoms. The predicted molar refractivity (Wildman–Crippen MR) is 104 cm³/mol. The molecule has 2 N–H and O–H groups in total. The van der Waals surface area contributed by atoms with Crippen molar-refractivity contribution in [1.29, 1.82) is 0 Å². The van der Waals surface area contributed by atoms with Gasteiger partial charge in [-0.25, -0.2) is 4.98 Å². The zero-order valence-electron chi connectivity index (χ0n) is 15.5. The molecule has 0 aliphatic carbocycles. The molecule has 1 aromatic carbocycles. The summed E-state index contributed by atoms with van der Waals surface area (Å²) in [5, 5.41) is 6.58. The summed E-state index contributed by atoms with van der Waals surface area (Å²) in [6.45, 7) is 3.76. The second-order valence-corrected chi connectivity index (χ2v) is 6.43. The highest BCUT2D eigenvalue weighted by Crippen LogP contribution is 2.30. The number of guanidine groups is 1. The number of ether oxygens (including phenoxy) is 2. The fourth-order valence-corrected chi connectivity index (χ4v) is 3.05. The Labute approximate surface area is 158 Å². The summed E-state index contributed by atoms with van der Waals surface area (Å²) < 4.78 is 13.8. The van der Waals surface area contributed by atoms with E-state index in [1.54, 1.807) is 7.05 Å². The molecule has 7 nitrogen and oxygen atoms in total. The first-order chi connectivity index (χ1) is 13.2. The Balaban J connectivity index is 1.31. The van der Waals surface area contributed by atoms with Gasteiger partial charge < -0.3 is 24.5 Å². The van der Waals surface area contributed by atoms with Gasteiger partial charge in [-0.15, -0.1) is 0 Å². The quantitative estimate of drug-likeness (QED) is 0.548. The molecule has 0 amide bonds. The fraction of sp³-hybridized carbons (Fsp3) is 0.300. The van der Waals surface area contributed by atoms with Gasteiger partial charge in [0.1, 0.15) is 18.4 Å². The number of pyridine rings is 1. The number of fused-ring (bicyclic) bond motifs is 2.